The third-order valence-electron chi connectivity index (χ3n) is 4.23. The van der Waals surface area contributed by atoms with Crippen molar-refractivity contribution in [2.45, 2.75) is 32.7 Å². The maximum absolute atomic E-state index is 12.3. The van der Waals surface area contributed by atoms with Gasteiger partial charge in [0, 0.05) is 18.8 Å². The van der Waals surface area contributed by atoms with Crippen LogP contribution in [0.5, 0.6) is 5.75 Å². The third kappa shape index (κ3) is 3.73. The van der Waals surface area contributed by atoms with Gasteiger partial charge in [-0.3, -0.25) is 9.48 Å². The molecule has 5 heteroatoms. The summed E-state index contributed by atoms with van der Waals surface area (Å²) in [7, 11) is 0. The van der Waals surface area contributed by atoms with Gasteiger partial charge in [0.25, 0.3) is 0 Å². The predicted molar refractivity (Wildman–Crippen MR) is 88.5 cm³/mol. The Kier molecular flexibility index (Phi) is 4.65. The van der Waals surface area contributed by atoms with Crippen molar-refractivity contribution in [3.05, 3.63) is 47.8 Å². The number of benzene rings is 1. The lowest BCUT2D eigenvalue weighted by Gasteiger charge is -2.17. The van der Waals surface area contributed by atoms with Crippen LogP contribution in [0.15, 0.2) is 36.4 Å². The van der Waals surface area contributed by atoms with Crippen LogP contribution in [0.3, 0.4) is 0 Å². The van der Waals surface area contributed by atoms with E-state index < -0.39 is 0 Å². The molecule has 1 fully saturated rings. The molecule has 0 unspecified atom stereocenters. The topological polar surface area (TPSA) is 47.4 Å². The highest BCUT2D eigenvalue weighted by Gasteiger charge is 2.28. The Labute approximate surface area is 136 Å². The lowest BCUT2D eigenvalue weighted by molar-refractivity contribution is -0.130. The third-order valence-corrected chi connectivity index (χ3v) is 4.23. The summed E-state index contributed by atoms with van der Waals surface area (Å²) in [6.07, 6.45) is 1.38. The second kappa shape index (κ2) is 6.86. The number of carbonyl (C=O) groups excluding carboxylic acids is 1. The Morgan fingerprint density at radius 1 is 1.30 bits per heavy atom. The van der Waals surface area contributed by atoms with Crippen LogP contribution in [-0.2, 0) is 4.79 Å². The van der Waals surface area contributed by atoms with Crippen molar-refractivity contribution >= 4 is 5.91 Å². The zero-order valence-electron chi connectivity index (χ0n) is 13.7. The fourth-order valence-electron chi connectivity index (χ4n) is 3.11. The molecule has 2 aromatic rings. The minimum atomic E-state index is 0.157. The molecule has 0 aliphatic carbocycles. The summed E-state index contributed by atoms with van der Waals surface area (Å²) in [6.45, 7) is 6.03. The molecular formula is C18H23N3O2. The fourth-order valence-corrected chi connectivity index (χ4v) is 3.11. The maximum atomic E-state index is 12.3. The average molecular weight is 313 g/mol. The number of hydrogen-bond donors (Lipinski definition) is 0. The van der Waals surface area contributed by atoms with Crippen molar-refractivity contribution in [1.82, 2.24) is 14.7 Å². The van der Waals surface area contributed by atoms with Crippen LogP contribution >= 0.6 is 0 Å². The Bertz CT molecular complexity index is 666. The molecule has 23 heavy (non-hydrogen) atoms. The highest BCUT2D eigenvalue weighted by molar-refractivity contribution is 5.76. The molecule has 0 N–H and O–H groups in total. The van der Waals surface area contributed by atoms with Gasteiger partial charge >= 0.3 is 0 Å². The number of aryl methyl sites for hydroxylation is 2. The van der Waals surface area contributed by atoms with Gasteiger partial charge in [0.05, 0.1) is 24.8 Å². The molecule has 122 valence electrons. The van der Waals surface area contributed by atoms with E-state index in [1.165, 1.54) is 0 Å². The number of likely N-dealkylation sites (tertiary alicyclic amines) is 1. The zero-order chi connectivity index (χ0) is 16.2. The van der Waals surface area contributed by atoms with Gasteiger partial charge in [-0.2, -0.15) is 5.10 Å². The lowest BCUT2D eigenvalue weighted by atomic mass is 10.2. The second-order valence-electron chi connectivity index (χ2n) is 6.07. The van der Waals surface area contributed by atoms with Gasteiger partial charge in [-0.1, -0.05) is 18.2 Å². The molecule has 5 nitrogen and oxygen atoms in total. The molecule has 0 saturated carbocycles. The number of ether oxygens (including phenoxy) is 1. The van der Waals surface area contributed by atoms with Crippen molar-refractivity contribution in [3.63, 3.8) is 0 Å². The first-order chi connectivity index (χ1) is 11.1. The number of carbonyl (C=O) groups is 1. The quantitative estimate of drug-likeness (QED) is 0.853. The minimum absolute atomic E-state index is 0.157. The molecule has 3 rings (SSSR count). The Balaban J connectivity index is 1.48. The molecule has 1 saturated heterocycles. The van der Waals surface area contributed by atoms with Crippen LogP contribution in [-0.4, -0.2) is 40.3 Å². The Morgan fingerprint density at radius 3 is 2.78 bits per heavy atom. The summed E-state index contributed by atoms with van der Waals surface area (Å²) in [5.74, 6) is 0.965. The number of para-hydroxylation sites is 1. The second-order valence-corrected chi connectivity index (χ2v) is 6.07. The summed E-state index contributed by atoms with van der Waals surface area (Å²) in [4.78, 5) is 14.2. The van der Waals surface area contributed by atoms with E-state index in [0.717, 1.165) is 36.6 Å². The van der Waals surface area contributed by atoms with Crippen LogP contribution in [0.1, 0.15) is 30.3 Å². The van der Waals surface area contributed by atoms with Crippen LogP contribution in [0.2, 0.25) is 0 Å². The van der Waals surface area contributed by atoms with Gasteiger partial charge < -0.3 is 9.64 Å². The largest absolute Gasteiger partial charge is 0.493 e. The van der Waals surface area contributed by atoms with E-state index in [1.54, 1.807) is 0 Å². The van der Waals surface area contributed by atoms with Crippen LogP contribution in [0.25, 0.3) is 0 Å². The van der Waals surface area contributed by atoms with Crippen LogP contribution < -0.4 is 4.74 Å². The summed E-state index contributed by atoms with van der Waals surface area (Å²) in [5, 5.41) is 4.54. The molecule has 1 aromatic carbocycles. The summed E-state index contributed by atoms with van der Waals surface area (Å²) in [6, 6.07) is 12.0. The molecule has 1 aromatic heterocycles. The number of amides is 1. The molecule has 0 bridgehead atoms. The zero-order valence-corrected chi connectivity index (χ0v) is 13.7. The van der Waals surface area contributed by atoms with E-state index in [9.17, 15) is 4.79 Å². The van der Waals surface area contributed by atoms with Gasteiger partial charge in [0.2, 0.25) is 5.91 Å². The van der Waals surface area contributed by atoms with E-state index in [1.807, 2.05) is 42.2 Å². The van der Waals surface area contributed by atoms with Crippen molar-refractivity contribution in [2.75, 3.05) is 19.7 Å². The summed E-state index contributed by atoms with van der Waals surface area (Å²) >= 11 is 0. The molecular weight excluding hydrogens is 290 g/mol. The van der Waals surface area contributed by atoms with Gasteiger partial charge in [-0.05, 0) is 38.5 Å². The fraction of sp³-hybridized carbons (Fsp3) is 0.444. The van der Waals surface area contributed by atoms with E-state index in [4.69, 9.17) is 4.74 Å². The molecule has 1 amide bonds. The molecule has 2 heterocycles. The maximum Gasteiger partial charge on any atom is 0.226 e. The van der Waals surface area contributed by atoms with E-state index in [-0.39, 0.29) is 5.91 Å². The standard InChI is InChI=1S/C18H23N3O2/c1-14-12-15(2)21(19-14)16-8-10-20(13-16)18(22)9-11-23-17-6-4-3-5-7-17/h3-7,12,16H,8-11,13H2,1-2H3/t16-/m0/s1. The van der Waals surface area contributed by atoms with Gasteiger partial charge in [-0.15, -0.1) is 0 Å². The molecule has 0 radical (unpaired) electrons. The predicted octanol–water partition coefficient (Wildman–Crippen LogP) is 2.74. The van der Waals surface area contributed by atoms with Crippen molar-refractivity contribution in [1.29, 1.82) is 0 Å². The first kappa shape index (κ1) is 15.6. The minimum Gasteiger partial charge on any atom is -0.493 e. The first-order valence-electron chi connectivity index (χ1n) is 8.12. The Morgan fingerprint density at radius 2 is 2.09 bits per heavy atom. The van der Waals surface area contributed by atoms with Crippen LogP contribution in [0.4, 0.5) is 0 Å². The monoisotopic (exact) mass is 313 g/mol. The normalized spacial score (nSPS) is 17.5. The van der Waals surface area contributed by atoms with E-state index >= 15 is 0 Å². The smallest absolute Gasteiger partial charge is 0.226 e. The SMILES string of the molecule is Cc1cc(C)n([C@H]2CCN(C(=O)CCOc3ccccc3)C2)n1. The Hall–Kier alpha value is -2.30. The summed E-state index contributed by atoms with van der Waals surface area (Å²) in [5.41, 5.74) is 2.19. The van der Waals surface area contributed by atoms with Gasteiger partial charge in [0.1, 0.15) is 5.75 Å². The van der Waals surface area contributed by atoms with Crippen molar-refractivity contribution in [2.24, 2.45) is 0 Å². The van der Waals surface area contributed by atoms with Crippen molar-refractivity contribution < 1.29 is 9.53 Å². The lowest BCUT2D eigenvalue weighted by Crippen LogP contribution is -2.30. The highest BCUT2D eigenvalue weighted by atomic mass is 16.5. The van der Waals surface area contributed by atoms with E-state index in [2.05, 4.69) is 22.8 Å². The first-order valence-corrected chi connectivity index (χ1v) is 8.12. The number of nitrogens with zero attached hydrogens (tertiary/aromatic N) is 3. The van der Waals surface area contributed by atoms with Gasteiger partial charge in [-0.25, -0.2) is 0 Å². The molecule has 1 atom stereocenters. The average Bonchev–Trinajstić information content (AvgIpc) is 3.14. The number of rotatable bonds is 5. The molecule has 1 aliphatic rings. The number of hydrogen-bond acceptors (Lipinski definition) is 3. The van der Waals surface area contributed by atoms with E-state index in [0.29, 0.717) is 19.1 Å². The van der Waals surface area contributed by atoms with Crippen molar-refractivity contribution in [3.8, 4) is 5.75 Å². The van der Waals surface area contributed by atoms with Crippen LogP contribution in [0, 0.1) is 13.8 Å². The molecule has 0 spiro atoms. The molecule has 1 aliphatic heterocycles. The highest BCUT2D eigenvalue weighted by Crippen LogP contribution is 2.23. The summed E-state index contributed by atoms with van der Waals surface area (Å²) < 4.78 is 7.66. The number of aromatic nitrogens is 2. The van der Waals surface area contributed by atoms with Gasteiger partial charge in [0.15, 0.2) is 0 Å².